The maximum Gasteiger partial charge on any atom is 0.264 e. The van der Waals surface area contributed by atoms with Gasteiger partial charge in [0, 0.05) is 10.4 Å². The molecular weight excluding hydrogens is 480 g/mol. The third-order valence-corrected chi connectivity index (χ3v) is 6.59. The SMILES string of the molecule is COc1cc(/C=C2\SC(=Nc3cccc4ccccc34)NC2=O)ccc1OCc1ccc(Cl)cc1. The third kappa shape index (κ3) is 5.34. The van der Waals surface area contributed by atoms with Crippen molar-refractivity contribution in [2.24, 2.45) is 4.99 Å². The average Bonchev–Trinajstić information content (AvgIpc) is 3.22. The summed E-state index contributed by atoms with van der Waals surface area (Å²) in [5.41, 5.74) is 2.64. The van der Waals surface area contributed by atoms with Crippen LogP contribution >= 0.6 is 23.4 Å². The van der Waals surface area contributed by atoms with Gasteiger partial charge in [0.2, 0.25) is 0 Å². The normalized spacial score (nSPS) is 15.5. The molecule has 0 radical (unpaired) electrons. The Labute approximate surface area is 212 Å². The van der Waals surface area contributed by atoms with Crippen molar-refractivity contribution in [2.45, 2.75) is 6.61 Å². The second kappa shape index (κ2) is 10.3. The molecule has 0 spiro atoms. The van der Waals surface area contributed by atoms with Gasteiger partial charge in [-0.2, -0.15) is 0 Å². The Balaban J connectivity index is 1.34. The fourth-order valence-corrected chi connectivity index (χ4v) is 4.64. The van der Waals surface area contributed by atoms with Crippen molar-refractivity contribution in [3.63, 3.8) is 0 Å². The summed E-state index contributed by atoms with van der Waals surface area (Å²) in [5.74, 6) is 1.02. The smallest absolute Gasteiger partial charge is 0.264 e. The number of ether oxygens (including phenoxy) is 2. The summed E-state index contributed by atoms with van der Waals surface area (Å²) in [6.45, 7) is 0.389. The van der Waals surface area contributed by atoms with Gasteiger partial charge >= 0.3 is 0 Å². The van der Waals surface area contributed by atoms with E-state index in [0.717, 1.165) is 27.6 Å². The maximum atomic E-state index is 12.6. The van der Waals surface area contributed by atoms with Crippen molar-refractivity contribution >= 4 is 57.0 Å². The van der Waals surface area contributed by atoms with Crippen molar-refractivity contribution in [3.05, 3.63) is 106 Å². The highest BCUT2D eigenvalue weighted by Gasteiger charge is 2.24. The number of methoxy groups -OCH3 is 1. The Morgan fingerprint density at radius 1 is 0.971 bits per heavy atom. The molecule has 1 heterocycles. The van der Waals surface area contributed by atoms with Crippen molar-refractivity contribution < 1.29 is 14.3 Å². The molecule has 1 amide bonds. The standard InChI is InChI=1S/C28H21ClN2O3S/c1-33-25-15-19(11-14-24(25)34-17-18-9-12-21(29)13-10-18)16-26-27(32)31-28(35-26)30-23-8-4-6-20-5-2-3-7-22(20)23/h2-16H,17H2,1H3,(H,30,31,32)/b26-16-. The van der Waals surface area contributed by atoms with Crippen LogP contribution in [0.5, 0.6) is 11.5 Å². The van der Waals surface area contributed by atoms with Crippen molar-refractivity contribution in [1.82, 2.24) is 5.32 Å². The summed E-state index contributed by atoms with van der Waals surface area (Å²) in [7, 11) is 1.59. The highest BCUT2D eigenvalue weighted by atomic mass is 35.5. The minimum atomic E-state index is -0.184. The molecule has 0 atom stereocenters. The molecule has 1 fully saturated rings. The van der Waals surface area contributed by atoms with Crippen molar-refractivity contribution in [3.8, 4) is 11.5 Å². The summed E-state index contributed by atoms with van der Waals surface area (Å²) in [4.78, 5) is 17.8. The van der Waals surface area contributed by atoms with Crippen LogP contribution < -0.4 is 14.8 Å². The molecule has 0 aromatic heterocycles. The van der Waals surface area contributed by atoms with Gasteiger partial charge < -0.3 is 14.8 Å². The molecule has 0 aliphatic carbocycles. The number of carbonyl (C=O) groups is 1. The molecule has 174 valence electrons. The molecule has 1 saturated heterocycles. The van der Waals surface area contributed by atoms with Gasteiger partial charge in [-0.05, 0) is 64.7 Å². The van der Waals surface area contributed by atoms with Crippen LogP contribution in [0.4, 0.5) is 5.69 Å². The third-order valence-electron chi connectivity index (χ3n) is 5.43. The van der Waals surface area contributed by atoms with E-state index in [-0.39, 0.29) is 5.91 Å². The number of hydrogen-bond donors (Lipinski definition) is 1. The molecule has 5 nitrogen and oxygen atoms in total. The van der Waals surface area contributed by atoms with Gasteiger partial charge in [-0.1, -0.05) is 66.2 Å². The fraction of sp³-hybridized carbons (Fsp3) is 0.0714. The van der Waals surface area contributed by atoms with Crippen LogP contribution in [0.2, 0.25) is 5.02 Å². The van der Waals surface area contributed by atoms with Crippen LogP contribution in [-0.2, 0) is 11.4 Å². The number of halogens is 1. The molecule has 0 unspecified atom stereocenters. The van der Waals surface area contributed by atoms with Gasteiger partial charge in [0.05, 0.1) is 17.7 Å². The maximum absolute atomic E-state index is 12.6. The first-order chi connectivity index (χ1) is 17.1. The largest absolute Gasteiger partial charge is 0.493 e. The number of fused-ring (bicyclic) bond motifs is 1. The number of rotatable bonds is 6. The molecule has 0 bridgehead atoms. The Morgan fingerprint density at radius 3 is 2.60 bits per heavy atom. The van der Waals surface area contributed by atoms with E-state index in [1.165, 1.54) is 11.8 Å². The van der Waals surface area contributed by atoms with Crippen LogP contribution in [0.1, 0.15) is 11.1 Å². The summed E-state index contributed by atoms with van der Waals surface area (Å²) in [6.07, 6.45) is 1.82. The van der Waals surface area contributed by atoms with Crippen LogP contribution in [-0.4, -0.2) is 18.2 Å². The topological polar surface area (TPSA) is 59.9 Å². The lowest BCUT2D eigenvalue weighted by atomic mass is 10.1. The number of benzene rings is 4. The Hall–Kier alpha value is -3.74. The predicted molar refractivity (Wildman–Crippen MR) is 144 cm³/mol. The lowest BCUT2D eigenvalue weighted by Crippen LogP contribution is -2.19. The second-order valence-electron chi connectivity index (χ2n) is 7.81. The van der Waals surface area contributed by atoms with Crippen LogP contribution in [0.25, 0.3) is 16.8 Å². The number of thioether (sulfide) groups is 1. The average molecular weight is 501 g/mol. The summed E-state index contributed by atoms with van der Waals surface area (Å²) >= 11 is 7.25. The first kappa shape index (κ1) is 23.0. The van der Waals surface area contributed by atoms with Crippen molar-refractivity contribution in [1.29, 1.82) is 0 Å². The monoisotopic (exact) mass is 500 g/mol. The first-order valence-electron chi connectivity index (χ1n) is 10.9. The zero-order valence-corrected chi connectivity index (χ0v) is 20.4. The molecule has 35 heavy (non-hydrogen) atoms. The molecule has 7 heteroatoms. The van der Waals surface area contributed by atoms with E-state index in [1.54, 1.807) is 7.11 Å². The minimum absolute atomic E-state index is 0.184. The molecule has 1 aliphatic heterocycles. The lowest BCUT2D eigenvalue weighted by Gasteiger charge is -2.11. The van der Waals surface area contributed by atoms with Crippen LogP contribution in [0.15, 0.2) is 94.8 Å². The van der Waals surface area contributed by atoms with E-state index in [9.17, 15) is 4.79 Å². The molecule has 0 saturated carbocycles. The molecular formula is C28H21ClN2O3S. The van der Waals surface area contributed by atoms with E-state index in [2.05, 4.69) is 10.3 Å². The summed E-state index contributed by atoms with van der Waals surface area (Å²) < 4.78 is 11.4. The Kier molecular flexibility index (Phi) is 6.75. The Morgan fingerprint density at radius 2 is 1.77 bits per heavy atom. The van der Waals surface area contributed by atoms with Crippen LogP contribution in [0, 0.1) is 0 Å². The number of nitrogens with zero attached hydrogens (tertiary/aromatic N) is 1. The summed E-state index contributed by atoms with van der Waals surface area (Å²) in [6, 6.07) is 27.0. The number of amidine groups is 1. The predicted octanol–water partition coefficient (Wildman–Crippen LogP) is 6.97. The number of nitrogens with one attached hydrogen (secondary N) is 1. The van der Waals surface area contributed by atoms with E-state index in [0.29, 0.717) is 33.2 Å². The van der Waals surface area contributed by atoms with Gasteiger partial charge in [-0.25, -0.2) is 4.99 Å². The number of carbonyl (C=O) groups excluding carboxylic acids is 1. The molecule has 1 aliphatic rings. The highest BCUT2D eigenvalue weighted by molar-refractivity contribution is 8.18. The van der Waals surface area contributed by atoms with E-state index in [1.807, 2.05) is 91.0 Å². The number of hydrogen-bond acceptors (Lipinski definition) is 5. The minimum Gasteiger partial charge on any atom is -0.493 e. The number of aliphatic imine (C=N–C) groups is 1. The molecule has 5 rings (SSSR count). The highest BCUT2D eigenvalue weighted by Crippen LogP contribution is 2.34. The van der Waals surface area contributed by atoms with Gasteiger partial charge in [0.25, 0.3) is 5.91 Å². The first-order valence-corrected chi connectivity index (χ1v) is 12.1. The fourth-order valence-electron chi connectivity index (χ4n) is 3.68. The van der Waals surface area contributed by atoms with Crippen LogP contribution in [0.3, 0.4) is 0 Å². The van der Waals surface area contributed by atoms with E-state index < -0.39 is 0 Å². The van der Waals surface area contributed by atoms with Gasteiger partial charge in [0.15, 0.2) is 16.7 Å². The van der Waals surface area contributed by atoms with Gasteiger partial charge in [0.1, 0.15) is 6.61 Å². The zero-order chi connectivity index (χ0) is 24.2. The van der Waals surface area contributed by atoms with Crippen molar-refractivity contribution in [2.75, 3.05) is 7.11 Å². The molecule has 4 aromatic carbocycles. The second-order valence-corrected chi connectivity index (χ2v) is 9.27. The van der Waals surface area contributed by atoms with E-state index >= 15 is 0 Å². The summed E-state index contributed by atoms with van der Waals surface area (Å²) in [5, 5.41) is 6.23. The Bertz CT molecular complexity index is 1460. The molecule has 1 N–H and O–H groups in total. The number of amides is 1. The lowest BCUT2D eigenvalue weighted by molar-refractivity contribution is -0.115. The zero-order valence-electron chi connectivity index (χ0n) is 18.8. The van der Waals surface area contributed by atoms with Gasteiger partial charge in [-0.3, -0.25) is 4.79 Å². The quantitative estimate of drug-likeness (QED) is 0.290. The molecule has 4 aromatic rings. The van der Waals surface area contributed by atoms with E-state index in [4.69, 9.17) is 21.1 Å². The van der Waals surface area contributed by atoms with Gasteiger partial charge in [-0.15, -0.1) is 0 Å².